The highest BCUT2D eigenvalue weighted by molar-refractivity contribution is 7.93. The van der Waals surface area contributed by atoms with Crippen LogP contribution in [0.3, 0.4) is 0 Å². The minimum Gasteiger partial charge on any atom is -0.481 e. The molecule has 7 heteroatoms. The van der Waals surface area contributed by atoms with Crippen molar-refractivity contribution in [2.75, 3.05) is 19.9 Å². The van der Waals surface area contributed by atoms with Crippen LogP contribution >= 0.6 is 0 Å². The van der Waals surface area contributed by atoms with Crippen molar-refractivity contribution < 1.29 is 17.9 Å². The summed E-state index contributed by atoms with van der Waals surface area (Å²) in [5, 5.41) is 4.40. The standard InChI is InChI=1S/C15H16N2O4S/c1-21-14-10-12(11-6-3-4-7-13(11)17-14)15(18)16-8-5-9-22(2,19)20/h3-7,9-10H,8H2,1-2H3,(H,16,18). The van der Waals surface area contributed by atoms with E-state index in [0.29, 0.717) is 22.3 Å². The highest BCUT2D eigenvalue weighted by atomic mass is 32.2. The van der Waals surface area contributed by atoms with Gasteiger partial charge in [-0.25, -0.2) is 13.4 Å². The number of pyridine rings is 1. The lowest BCUT2D eigenvalue weighted by molar-refractivity contribution is 0.0959. The molecule has 1 aromatic heterocycles. The molecule has 0 aliphatic carbocycles. The molecule has 0 saturated carbocycles. The van der Waals surface area contributed by atoms with E-state index in [4.69, 9.17) is 4.74 Å². The molecule has 1 aromatic carbocycles. The largest absolute Gasteiger partial charge is 0.481 e. The summed E-state index contributed by atoms with van der Waals surface area (Å²) < 4.78 is 27.1. The van der Waals surface area contributed by atoms with E-state index in [2.05, 4.69) is 10.3 Å². The molecule has 0 radical (unpaired) electrons. The number of hydrogen-bond acceptors (Lipinski definition) is 5. The van der Waals surface area contributed by atoms with Crippen LogP contribution in [0, 0.1) is 0 Å². The fourth-order valence-corrected chi connectivity index (χ4v) is 2.36. The average molecular weight is 320 g/mol. The van der Waals surface area contributed by atoms with Crippen LogP contribution in [0.15, 0.2) is 41.8 Å². The molecule has 6 nitrogen and oxygen atoms in total. The fourth-order valence-electron chi connectivity index (χ4n) is 1.91. The van der Waals surface area contributed by atoms with Gasteiger partial charge in [-0.2, -0.15) is 0 Å². The molecule has 0 unspecified atom stereocenters. The van der Waals surface area contributed by atoms with E-state index in [0.717, 1.165) is 11.7 Å². The number of methoxy groups -OCH3 is 1. The number of amides is 1. The number of benzene rings is 1. The van der Waals surface area contributed by atoms with Crippen LogP contribution in [0.1, 0.15) is 10.4 Å². The minimum atomic E-state index is -3.19. The van der Waals surface area contributed by atoms with Crippen molar-refractivity contribution in [3.63, 3.8) is 0 Å². The molecule has 1 heterocycles. The second-order valence-corrected chi connectivity index (χ2v) is 6.57. The van der Waals surface area contributed by atoms with E-state index in [-0.39, 0.29) is 12.5 Å². The third-order valence-electron chi connectivity index (χ3n) is 2.87. The fraction of sp³-hybridized carbons (Fsp3) is 0.200. The summed E-state index contributed by atoms with van der Waals surface area (Å²) in [4.78, 5) is 16.5. The number of rotatable bonds is 5. The van der Waals surface area contributed by atoms with Gasteiger partial charge in [-0.15, -0.1) is 0 Å². The first-order valence-electron chi connectivity index (χ1n) is 6.49. The summed E-state index contributed by atoms with van der Waals surface area (Å²) in [7, 11) is -1.71. The Hall–Kier alpha value is -2.41. The summed E-state index contributed by atoms with van der Waals surface area (Å²) in [5.74, 6) is 0.0191. The molecule has 2 rings (SSSR count). The Bertz CT molecular complexity index is 829. The van der Waals surface area contributed by atoms with Gasteiger partial charge < -0.3 is 10.1 Å². The number of nitrogens with one attached hydrogen (secondary N) is 1. The highest BCUT2D eigenvalue weighted by Gasteiger charge is 2.12. The topological polar surface area (TPSA) is 85.4 Å². The van der Waals surface area contributed by atoms with Crippen molar-refractivity contribution in [1.82, 2.24) is 10.3 Å². The third kappa shape index (κ3) is 4.05. The Morgan fingerprint density at radius 2 is 2.09 bits per heavy atom. The summed E-state index contributed by atoms with van der Waals surface area (Å²) in [6.45, 7) is 0.116. The number of carbonyl (C=O) groups is 1. The van der Waals surface area contributed by atoms with Gasteiger partial charge in [-0.1, -0.05) is 24.3 Å². The van der Waals surface area contributed by atoms with Crippen LogP contribution in [-0.2, 0) is 9.84 Å². The van der Waals surface area contributed by atoms with Crippen molar-refractivity contribution in [3.8, 4) is 5.88 Å². The van der Waals surface area contributed by atoms with Gasteiger partial charge in [0.15, 0.2) is 9.84 Å². The van der Waals surface area contributed by atoms with Crippen molar-refractivity contribution >= 4 is 26.6 Å². The number of para-hydroxylation sites is 1. The number of sulfone groups is 1. The van der Waals surface area contributed by atoms with Crippen molar-refractivity contribution in [2.24, 2.45) is 0 Å². The van der Waals surface area contributed by atoms with Gasteiger partial charge in [0.2, 0.25) is 5.88 Å². The number of nitrogens with zero attached hydrogens (tertiary/aromatic N) is 1. The first-order chi connectivity index (χ1) is 10.4. The van der Waals surface area contributed by atoms with E-state index in [9.17, 15) is 13.2 Å². The van der Waals surface area contributed by atoms with Gasteiger partial charge >= 0.3 is 0 Å². The van der Waals surface area contributed by atoms with Gasteiger partial charge in [-0.05, 0) is 6.07 Å². The van der Waals surface area contributed by atoms with Crippen LogP contribution in [-0.4, -0.2) is 39.2 Å². The molecule has 0 aliphatic heterocycles. The van der Waals surface area contributed by atoms with E-state index in [1.807, 2.05) is 12.1 Å². The van der Waals surface area contributed by atoms with Crippen molar-refractivity contribution in [1.29, 1.82) is 0 Å². The van der Waals surface area contributed by atoms with Gasteiger partial charge in [0.05, 0.1) is 18.2 Å². The first-order valence-corrected chi connectivity index (χ1v) is 8.45. The van der Waals surface area contributed by atoms with Crippen LogP contribution in [0.25, 0.3) is 10.9 Å². The zero-order valence-corrected chi connectivity index (χ0v) is 13.1. The maximum Gasteiger partial charge on any atom is 0.252 e. The zero-order valence-electron chi connectivity index (χ0n) is 12.2. The summed E-state index contributed by atoms with van der Waals surface area (Å²) in [6, 6.07) is 8.78. The van der Waals surface area contributed by atoms with Gasteiger partial charge in [0.1, 0.15) is 0 Å². The van der Waals surface area contributed by atoms with E-state index >= 15 is 0 Å². The monoisotopic (exact) mass is 320 g/mol. The van der Waals surface area contributed by atoms with E-state index in [1.54, 1.807) is 18.2 Å². The van der Waals surface area contributed by atoms with E-state index < -0.39 is 9.84 Å². The molecule has 0 saturated heterocycles. The minimum absolute atomic E-state index is 0.116. The smallest absolute Gasteiger partial charge is 0.252 e. The highest BCUT2D eigenvalue weighted by Crippen LogP contribution is 2.21. The molecule has 0 spiro atoms. The molecule has 1 amide bonds. The Balaban J connectivity index is 2.25. The van der Waals surface area contributed by atoms with Crippen LogP contribution in [0.4, 0.5) is 0 Å². The zero-order chi connectivity index (χ0) is 16.2. The molecule has 0 fully saturated rings. The summed E-state index contributed by atoms with van der Waals surface area (Å²) in [6.07, 6.45) is 2.47. The van der Waals surface area contributed by atoms with Gasteiger partial charge in [0.25, 0.3) is 5.91 Å². The number of hydrogen-bond donors (Lipinski definition) is 1. The normalized spacial score (nSPS) is 11.7. The molecule has 0 aliphatic rings. The van der Waals surface area contributed by atoms with Gasteiger partial charge in [-0.3, -0.25) is 4.79 Å². The predicted octanol–water partition coefficient (Wildman–Crippen LogP) is 1.53. The molecular formula is C15H16N2O4S. The lowest BCUT2D eigenvalue weighted by Gasteiger charge is -2.08. The molecule has 0 atom stereocenters. The number of ether oxygens (including phenoxy) is 1. The SMILES string of the molecule is COc1cc(C(=O)NCC=CS(C)(=O)=O)c2ccccc2n1. The molecule has 0 bridgehead atoms. The number of aromatic nitrogens is 1. The Morgan fingerprint density at radius 1 is 1.36 bits per heavy atom. The molecule has 22 heavy (non-hydrogen) atoms. The summed E-state index contributed by atoms with van der Waals surface area (Å²) in [5.41, 5.74) is 1.08. The summed E-state index contributed by atoms with van der Waals surface area (Å²) >= 11 is 0. The first kappa shape index (κ1) is 16.0. The second kappa shape index (κ2) is 6.57. The lowest BCUT2D eigenvalue weighted by Crippen LogP contribution is -2.23. The molecule has 1 N–H and O–H groups in total. The molecule has 116 valence electrons. The third-order valence-corrected chi connectivity index (χ3v) is 3.56. The van der Waals surface area contributed by atoms with Crippen LogP contribution < -0.4 is 10.1 Å². The second-order valence-electron chi connectivity index (χ2n) is 4.64. The van der Waals surface area contributed by atoms with E-state index in [1.165, 1.54) is 13.2 Å². The molecular weight excluding hydrogens is 304 g/mol. The number of fused-ring (bicyclic) bond motifs is 1. The predicted molar refractivity (Wildman–Crippen MR) is 84.6 cm³/mol. The quantitative estimate of drug-likeness (QED) is 0.903. The Kier molecular flexibility index (Phi) is 4.77. The van der Waals surface area contributed by atoms with Crippen molar-refractivity contribution in [2.45, 2.75) is 0 Å². The van der Waals surface area contributed by atoms with Crippen molar-refractivity contribution in [3.05, 3.63) is 47.4 Å². The molecule has 2 aromatic rings. The average Bonchev–Trinajstić information content (AvgIpc) is 2.49. The lowest BCUT2D eigenvalue weighted by atomic mass is 10.1. The van der Waals surface area contributed by atoms with Crippen LogP contribution in [0.5, 0.6) is 5.88 Å². The van der Waals surface area contributed by atoms with Crippen LogP contribution in [0.2, 0.25) is 0 Å². The Labute approximate surface area is 128 Å². The Morgan fingerprint density at radius 3 is 2.77 bits per heavy atom. The maximum atomic E-state index is 12.3. The van der Waals surface area contributed by atoms with Gasteiger partial charge in [0, 0.05) is 29.7 Å². The maximum absolute atomic E-state index is 12.3. The number of carbonyl (C=O) groups excluding carboxylic acids is 1.